The molecule has 0 saturated carbocycles. The molecule has 1 amide bonds. The van der Waals surface area contributed by atoms with Gasteiger partial charge in [0.1, 0.15) is 0 Å². The number of benzene rings is 1. The van der Waals surface area contributed by atoms with E-state index in [0.717, 1.165) is 51.3 Å². The first-order valence-corrected chi connectivity index (χ1v) is 8.44. The van der Waals surface area contributed by atoms with E-state index in [0.29, 0.717) is 17.5 Å². The highest BCUT2D eigenvalue weighted by atomic mass is 16.2. The average molecular weight is 312 g/mol. The normalized spacial score (nSPS) is 22.7. The number of hydrogen-bond acceptors (Lipinski definition) is 4. The number of amides is 1. The zero-order chi connectivity index (χ0) is 16.2. The highest BCUT2D eigenvalue weighted by Gasteiger charge is 2.30. The van der Waals surface area contributed by atoms with E-state index < -0.39 is 0 Å². The minimum Gasteiger partial charge on any atom is -0.371 e. The van der Waals surface area contributed by atoms with Crippen LogP contribution in [0.3, 0.4) is 0 Å². The van der Waals surface area contributed by atoms with E-state index in [1.54, 1.807) is 0 Å². The first-order valence-electron chi connectivity index (χ1n) is 8.44. The molecule has 2 saturated heterocycles. The maximum atomic E-state index is 12.7. The van der Waals surface area contributed by atoms with E-state index in [-0.39, 0.29) is 5.92 Å². The summed E-state index contributed by atoms with van der Waals surface area (Å²) >= 11 is 0. The van der Waals surface area contributed by atoms with Gasteiger partial charge in [0, 0.05) is 50.4 Å². The standard InChI is InChI=1S/C18H24N4O/c1-14-13-22(11-8-20-14)18(23)16-6-9-21(10-7-16)17-4-2-15(12-19)3-5-17/h2-5,14,16,20H,6-11,13H2,1H3. The molecule has 3 rings (SSSR count). The Morgan fingerprint density at radius 2 is 1.91 bits per heavy atom. The highest BCUT2D eigenvalue weighted by Crippen LogP contribution is 2.25. The predicted molar refractivity (Wildman–Crippen MR) is 90.1 cm³/mol. The molecule has 1 N–H and O–H groups in total. The number of hydrogen-bond donors (Lipinski definition) is 1. The van der Waals surface area contributed by atoms with Crippen LogP contribution in [0.2, 0.25) is 0 Å². The number of carbonyl (C=O) groups is 1. The van der Waals surface area contributed by atoms with E-state index in [1.165, 1.54) is 0 Å². The number of nitriles is 1. The fourth-order valence-electron chi connectivity index (χ4n) is 3.52. The third kappa shape index (κ3) is 3.65. The lowest BCUT2D eigenvalue weighted by Crippen LogP contribution is -2.53. The lowest BCUT2D eigenvalue weighted by molar-refractivity contribution is -0.137. The number of carbonyl (C=O) groups excluding carboxylic acids is 1. The van der Waals surface area contributed by atoms with Crippen molar-refractivity contribution in [3.8, 4) is 6.07 Å². The van der Waals surface area contributed by atoms with E-state index in [4.69, 9.17) is 5.26 Å². The smallest absolute Gasteiger partial charge is 0.225 e. The van der Waals surface area contributed by atoms with Crippen LogP contribution in [0, 0.1) is 17.2 Å². The summed E-state index contributed by atoms with van der Waals surface area (Å²) in [6, 6.07) is 10.2. The molecule has 0 radical (unpaired) electrons. The summed E-state index contributed by atoms with van der Waals surface area (Å²) in [4.78, 5) is 17.0. The lowest BCUT2D eigenvalue weighted by atomic mass is 9.94. The molecule has 0 bridgehead atoms. The monoisotopic (exact) mass is 312 g/mol. The second-order valence-electron chi connectivity index (χ2n) is 6.56. The van der Waals surface area contributed by atoms with Gasteiger partial charge in [0.25, 0.3) is 0 Å². The van der Waals surface area contributed by atoms with E-state index in [2.05, 4.69) is 23.2 Å². The summed E-state index contributed by atoms with van der Waals surface area (Å²) in [5, 5.41) is 12.2. The van der Waals surface area contributed by atoms with Crippen molar-refractivity contribution in [3.63, 3.8) is 0 Å². The summed E-state index contributed by atoms with van der Waals surface area (Å²) in [6.07, 6.45) is 1.83. The topological polar surface area (TPSA) is 59.4 Å². The second kappa shape index (κ2) is 7.01. The molecule has 5 nitrogen and oxygen atoms in total. The number of piperazine rings is 1. The molecule has 5 heteroatoms. The van der Waals surface area contributed by atoms with E-state index >= 15 is 0 Å². The summed E-state index contributed by atoms with van der Waals surface area (Å²) in [5.74, 6) is 0.493. The first kappa shape index (κ1) is 15.8. The molecule has 2 aliphatic heterocycles. The number of rotatable bonds is 2. The number of anilines is 1. The highest BCUT2D eigenvalue weighted by molar-refractivity contribution is 5.79. The van der Waals surface area contributed by atoms with E-state index in [9.17, 15) is 4.79 Å². The summed E-state index contributed by atoms with van der Waals surface area (Å²) in [5.41, 5.74) is 1.83. The molecule has 2 heterocycles. The van der Waals surface area contributed by atoms with Gasteiger partial charge in [-0.3, -0.25) is 4.79 Å². The molecule has 1 atom stereocenters. The number of piperidine rings is 1. The molecule has 2 aliphatic rings. The summed E-state index contributed by atoms with van der Waals surface area (Å²) < 4.78 is 0. The van der Waals surface area contributed by atoms with Crippen molar-refractivity contribution in [3.05, 3.63) is 29.8 Å². The summed E-state index contributed by atoms with van der Waals surface area (Å²) in [7, 11) is 0. The van der Waals surface area contributed by atoms with Gasteiger partial charge >= 0.3 is 0 Å². The van der Waals surface area contributed by atoms with Crippen molar-refractivity contribution in [2.75, 3.05) is 37.6 Å². The van der Waals surface area contributed by atoms with Crippen molar-refractivity contribution in [1.82, 2.24) is 10.2 Å². The van der Waals surface area contributed by atoms with Crippen LogP contribution in [0.5, 0.6) is 0 Å². The molecule has 122 valence electrons. The van der Waals surface area contributed by atoms with Gasteiger partial charge in [-0.2, -0.15) is 5.26 Å². The molecule has 1 unspecified atom stereocenters. The zero-order valence-corrected chi connectivity index (χ0v) is 13.7. The Morgan fingerprint density at radius 3 is 2.52 bits per heavy atom. The van der Waals surface area contributed by atoms with Crippen molar-refractivity contribution in [1.29, 1.82) is 5.26 Å². The molecule has 0 spiro atoms. The van der Waals surface area contributed by atoms with Crippen LogP contribution in [-0.2, 0) is 4.79 Å². The Balaban J connectivity index is 1.55. The quantitative estimate of drug-likeness (QED) is 0.901. The Bertz CT molecular complexity index is 584. The van der Waals surface area contributed by atoms with Crippen molar-refractivity contribution >= 4 is 11.6 Å². The SMILES string of the molecule is CC1CN(C(=O)C2CCN(c3ccc(C#N)cc3)CC2)CCN1. The fraction of sp³-hybridized carbons (Fsp3) is 0.556. The maximum absolute atomic E-state index is 12.7. The van der Waals surface area contributed by atoms with Gasteiger partial charge in [-0.15, -0.1) is 0 Å². The van der Waals surface area contributed by atoms with Gasteiger partial charge in [-0.05, 0) is 44.0 Å². The number of nitrogens with one attached hydrogen (secondary N) is 1. The molecule has 23 heavy (non-hydrogen) atoms. The van der Waals surface area contributed by atoms with Gasteiger partial charge in [-0.25, -0.2) is 0 Å². The van der Waals surface area contributed by atoms with Crippen LogP contribution in [0.25, 0.3) is 0 Å². The predicted octanol–water partition coefficient (Wildman–Crippen LogP) is 1.59. The minimum absolute atomic E-state index is 0.162. The van der Waals surface area contributed by atoms with Crippen molar-refractivity contribution < 1.29 is 4.79 Å². The van der Waals surface area contributed by atoms with Crippen LogP contribution in [0.1, 0.15) is 25.3 Å². The molecule has 1 aromatic carbocycles. The van der Waals surface area contributed by atoms with Gasteiger partial charge in [0.15, 0.2) is 0 Å². The minimum atomic E-state index is 0.162. The van der Waals surface area contributed by atoms with E-state index in [1.807, 2.05) is 29.2 Å². The Morgan fingerprint density at radius 1 is 1.22 bits per heavy atom. The van der Waals surface area contributed by atoms with Crippen LogP contribution in [0.4, 0.5) is 5.69 Å². The number of nitrogens with zero attached hydrogens (tertiary/aromatic N) is 3. The van der Waals surface area contributed by atoms with Gasteiger partial charge in [-0.1, -0.05) is 0 Å². The molecule has 0 aromatic heterocycles. The van der Waals surface area contributed by atoms with Gasteiger partial charge < -0.3 is 15.1 Å². The Kier molecular flexibility index (Phi) is 4.82. The third-order valence-corrected chi connectivity index (χ3v) is 4.89. The largest absolute Gasteiger partial charge is 0.371 e. The fourth-order valence-corrected chi connectivity index (χ4v) is 3.52. The lowest BCUT2D eigenvalue weighted by Gasteiger charge is -2.38. The molecular weight excluding hydrogens is 288 g/mol. The Labute approximate surface area is 137 Å². The van der Waals surface area contributed by atoms with Gasteiger partial charge in [0.05, 0.1) is 11.6 Å². The van der Waals surface area contributed by atoms with Crippen molar-refractivity contribution in [2.45, 2.75) is 25.8 Å². The first-order chi connectivity index (χ1) is 11.2. The molecular formula is C18H24N4O. The Hall–Kier alpha value is -2.06. The van der Waals surface area contributed by atoms with Crippen molar-refractivity contribution in [2.24, 2.45) is 5.92 Å². The zero-order valence-electron chi connectivity index (χ0n) is 13.7. The summed E-state index contributed by atoms with van der Waals surface area (Å²) in [6.45, 7) is 6.51. The van der Waals surface area contributed by atoms with Gasteiger partial charge in [0.2, 0.25) is 5.91 Å². The molecule has 0 aliphatic carbocycles. The van der Waals surface area contributed by atoms with Crippen LogP contribution in [-0.4, -0.2) is 49.6 Å². The molecule has 2 fully saturated rings. The van der Waals surface area contributed by atoms with Crippen LogP contribution >= 0.6 is 0 Å². The second-order valence-corrected chi connectivity index (χ2v) is 6.56. The molecule has 1 aromatic rings. The average Bonchev–Trinajstić information content (AvgIpc) is 2.61. The third-order valence-electron chi connectivity index (χ3n) is 4.89. The maximum Gasteiger partial charge on any atom is 0.225 e. The van der Waals surface area contributed by atoms with Crippen LogP contribution in [0.15, 0.2) is 24.3 Å². The van der Waals surface area contributed by atoms with Crippen LogP contribution < -0.4 is 10.2 Å².